The average molecular weight is 241 g/mol. The molecule has 0 radical (unpaired) electrons. The predicted molar refractivity (Wildman–Crippen MR) is 55.2 cm³/mol. The van der Waals surface area contributed by atoms with Crippen molar-refractivity contribution in [3.63, 3.8) is 0 Å². The largest absolute Gasteiger partial charge is 0.750 e. The van der Waals surface area contributed by atoms with Crippen molar-refractivity contribution in [2.24, 2.45) is 0 Å². The first kappa shape index (κ1) is 12.7. The maximum absolute atomic E-state index is 11.7. The second-order valence-corrected chi connectivity index (χ2v) is 3.62. The summed E-state index contributed by atoms with van der Waals surface area (Å²) in [6, 6.07) is 7.88. The van der Waals surface area contributed by atoms with E-state index in [2.05, 4.69) is 4.18 Å². The molecule has 0 N–H and O–H groups in total. The van der Waals surface area contributed by atoms with E-state index in [1.165, 1.54) is 12.1 Å². The number of hydrogen-bond acceptors (Lipinski definition) is 5. The number of ketones is 2. The van der Waals surface area contributed by atoms with Gasteiger partial charge in [0.1, 0.15) is 0 Å². The third kappa shape index (κ3) is 3.34. The van der Waals surface area contributed by atoms with Gasteiger partial charge in [0, 0.05) is 5.56 Å². The Morgan fingerprint density at radius 3 is 2.31 bits per heavy atom. The highest BCUT2D eigenvalue weighted by Gasteiger charge is 2.25. The van der Waals surface area contributed by atoms with Gasteiger partial charge >= 0.3 is 0 Å². The van der Waals surface area contributed by atoms with Crippen LogP contribution in [0.4, 0.5) is 0 Å². The number of benzene rings is 1. The molecule has 0 saturated heterocycles. The molecule has 6 heteroatoms. The van der Waals surface area contributed by atoms with Crippen molar-refractivity contribution >= 4 is 22.9 Å². The molecule has 0 spiro atoms. The predicted octanol–water partition coefficient (Wildman–Crippen LogP) is 0.638. The van der Waals surface area contributed by atoms with Crippen LogP contribution in [0, 0.1) is 0 Å². The van der Waals surface area contributed by atoms with E-state index in [-0.39, 0.29) is 5.56 Å². The molecule has 0 fully saturated rings. The van der Waals surface area contributed by atoms with Crippen LogP contribution in [0.3, 0.4) is 0 Å². The number of hydrogen-bond donors (Lipinski definition) is 0. The van der Waals surface area contributed by atoms with Crippen molar-refractivity contribution in [3.8, 4) is 0 Å². The van der Waals surface area contributed by atoms with Gasteiger partial charge in [-0.3, -0.25) is 13.8 Å². The molecule has 0 aromatic heterocycles. The number of carbonyl (C=O) groups is 2. The molecule has 0 amide bonds. The molecule has 0 saturated carbocycles. The van der Waals surface area contributed by atoms with E-state index in [0.717, 1.165) is 6.92 Å². The summed E-state index contributed by atoms with van der Waals surface area (Å²) in [6.45, 7) is 1.10. The zero-order valence-electron chi connectivity index (χ0n) is 8.41. The Hall–Kier alpha value is -1.37. The van der Waals surface area contributed by atoms with Crippen LogP contribution in [0.5, 0.6) is 0 Å². The summed E-state index contributed by atoms with van der Waals surface area (Å²) in [6.07, 6.45) is -1.60. The van der Waals surface area contributed by atoms with Gasteiger partial charge in [0.15, 0.2) is 11.9 Å². The fourth-order valence-electron chi connectivity index (χ4n) is 1.13. The SMILES string of the molecule is CC(=O)C(OS(=O)[O-])C(=O)c1ccccc1. The molecule has 0 aliphatic rings. The van der Waals surface area contributed by atoms with Crippen LogP contribution in [0.25, 0.3) is 0 Å². The summed E-state index contributed by atoms with van der Waals surface area (Å²) < 4.78 is 24.9. The molecule has 1 aromatic carbocycles. The second kappa shape index (κ2) is 5.64. The lowest BCUT2D eigenvalue weighted by Crippen LogP contribution is -2.32. The van der Waals surface area contributed by atoms with Crippen LogP contribution in [-0.4, -0.2) is 26.4 Å². The van der Waals surface area contributed by atoms with Crippen molar-refractivity contribution in [1.82, 2.24) is 0 Å². The minimum Gasteiger partial charge on any atom is -0.750 e. The molecule has 16 heavy (non-hydrogen) atoms. The van der Waals surface area contributed by atoms with Crippen molar-refractivity contribution in [2.75, 3.05) is 0 Å². The lowest BCUT2D eigenvalue weighted by Gasteiger charge is -2.14. The van der Waals surface area contributed by atoms with Crippen LogP contribution in [-0.2, 0) is 20.3 Å². The third-order valence-corrected chi connectivity index (χ3v) is 2.19. The van der Waals surface area contributed by atoms with Gasteiger partial charge in [-0.25, -0.2) is 4.21 Å². The molecule has 1 aromatic rings. The molecule has 2 unspecified atom stereocenters. The maximum Gasteiger partial charge on any atom is 0.200 e. The highest BCUT2D eigenvalue weighted by Crippen LogP contribution is 2.08. The van der Waals surface area contributed by atoms with E-state index in [1.54, 1.807) is 18.2 Å². The van der Waals surface area contributed by atoms with Gasteiger partial charge in [-0.2, -0.15) is 0 Å². The summed E-state index contributed by atoms with van der Waals surface area (Å²) in [7, 11) is 0. The van der Waals surface area contributed by atoms with Crippen molar-refractivity contribution in [1.29, 1.82) is 0 Å². The van der Waals surface area contributed by atoms with Crippen molar-refractivity contribution in [3.05, 3.63) is 35.9 Å². The summed E-state index contributed by atoms with van der Waals surface area (Å²) in [5, 5.41) is 0. The molecule has 0 aliphatic carbocycles. The second-order valence-electron chi connectivity index (χ2n) is 3.02. The Bertz CT molecular complexity index is 414. The van der Waals surface area contributed by atoms with E-state index in [4.69, 9.17) is 0 Å². The Morgan fingerprint density at radius 2 is 1.88 bits per heavy atom. The fourth-order valence-corrected chi connectivity index (χ4v) is 1.51. The molecular formula is C10H9O5S-. The Labute approximate surface area is 94.9 Å². The lowest BCUT2D eigenvalue weighted by atomic mass is 10.0. The first-order chi connectivity index (χ1) is 7.52. The zero-order valence-corrected chi connectivity index (χ0v) is 9.23. The molecular weight excluding hydrogens is 232 g/mol. The molecule has 0 heterocycles. The highest BCUT2D eigenvalue weighted by molar-refractivity contribution is 7.74. The van der Waals surface area contributed by atoms with Crippen molar-refractivity contribution in [2.45, 2.75) is 13.0 Å². The molecule has 0 bridgehead atoms. The van der Waals surface area contributed by atoms with Gasteiger partial charge in [0.25, 0.3) is 0 Å². The van der Waals surface area contributed by atoms with Gasteiger partial charge < -0.3 is 4.55 Å². The molecule has 86 valence electrons. The zero-order chi connectivity index (χ0) is 12.1. The minimum atomic E-state index is -2.90. The van der Waals surface area contributed by atoms with Crippen LogP contribution in [0.2, 0.25) is 0 Å². The quantitative estimate of drug-likeness (QED) is 0.429. The van der Waals surface area contributed by atoms with E-state index in [0.29, 0.717) is 0 Å². The normalized spacial score (nSPS) is 14.1. The Kier molecular flexibility index (Phi) is 4.48. The first-order valence-corrected chi connectivity index (χ1v) is 5.38. The maximum atomic E-state index is 11.7. The van der Waals surface area contributed by atoms with Gasteiger partial charge in [0.05, 0.1) is 11.4 Å². The summed E-state index contributed by atoms with van der Waals surface area (Å²) in [4.78, 5) is 22.8. The summed E-state index contributed by atoms with van der Waals surface area (Å²) in [5.74, 6) is -1.32. The molecule has 0 aliphatic heterocycles. The van der Waals surface area contributed by atoms with Crippen LogP contribution in [0.1, 0.15) is 17.3 Å². The summed E-state index contributed by atoms with van der Waals surface area (Å²) in [5.41, 5.74) is 0.230. The molecule has 2 atom stereocenters. The Balaban J connectivity index is 2.92. The Morgan fingerprint density at radius 1 is 1.31 bits per heavy atom. The highest BCUT2D eigenvalue weighted by atomic mass is 32.2. The lowest BCUT2D eigenvalue weighted by molar-refractivity contribution is -0.121. The van der Waals surface area contributed by atoms with E-state index in [1.807, 2.05) is 0 Å². The minimum absolute atomic E-state index is 0.230. The van der Waals surface area contributed by atoms with Crippen molar-refractivity contribution < 1.29 is 22.5 Å². The molecule has 5 nitrogen and oxygen atoms in total. The number of carbonyl (C=O) groups excluding carboxylic acids is 2. The third-order valence-electron chi connectivity index (χ3n) is 1.84. The standard InChI is InChI=1S/C10H10O5S/c1-7(11)10(15-16(13)14)9(12)8-5-3-2-4-6-8/h2-6,10H,1H3,(H,13,14)/p-1. The van der Waals surface area contributed by atoms with Crippen LogP contribution < -0.4 is 0 Å². The van der Waals surface area contributed by atoms with Crippen LogP contribution in [0.15, 0.2) is 30.3 Å². The first-order valence-electron chi connectivity index (χ1n) is 4.38. The summed E-state index contributed by atoms with van der Waals surface area (Å²) >= 11 is -2.90. The van der Waals surface area contributed by atoms with Gasteiger partial charge in [-0.1, -0.05) is 30.3 Å². The smallest absolute Gasteiger partial charge is 0.200 e. The number of rotatable bonds is 5. The fraction of sp³-hybridized carbons (Fsp3) is 0.200. The van der Waals surface area contributed by atoms with Crippen LogP contribution >= 0.6 is 0 Å². The topological polar surface area (TPSA) is 83.5 Å². The van der Waals surface area contributed by atoms with E-state index < -0.39 is 29.0 Å². The average Bonchev–Trinajstić information content (AvgIpc) is 2.25. The van der Waals surface area contributed by atoms with Gasteiger partial charge in [-0.05, 0) is 6.92 Å². The van der Waals surface area contributed by atoms with E-state index >= 15 is 0 Å². The van der Waals surface area contributed by atoms with E-state index in [9.17, 15) is 18.4 Å². The van der Waals surface area contributed by atoms with Gasteiger partial charge in [0.2, 0.25) is 5.78 Å². The molecule has 1 rings (SSSR count). The monoisotopic (exact) mass is 241 g/mol. The van der Waals surface area contributed by atoms with Gasteiger partial charge in [-0.15, -0.1) is 0 Å². The number of Topliss-reactive ketones (excluding diaryl/α,β-unsaturated/α-hetero) is 2.